The predicted molar refractivity (Wildman–Crippen MR) is 94.6 cm³/mol. The molecule has 0 aromatic heterocycles. The molecule has 6 nitrogen and oxygen atoms in total. The fraction of sp³-hybridized carbons (Fsp3) is 0.188. The lowest BCUT2D eigenvalue weighted by atomic mass is 10.2. The van der Waals surface area contributed by atoms with Crippen LogP contribution in [0.25, 0.3) is 0 Å². The largest absolute Gasteiger partial charge is 0.285 e. The average molecular weight is 368 g/mol. The number of rotatable bonds is 5. The molecule has 24 heavy (non-hydrogen) atoms. The minimum absolute atomic E-state index is 0.0442. The number of amides is 1. The molecule has 0 atom stereocenters. The van der Waals surface area contributed by atoms with E-state index < -0.39 is 15.9 Å². The van der Waals surface area contributed by atoms with Crippen LogP contribution in [0.5, 0.6) is 0 Å². The van der Waals surface area contributed by atoms with Crippen LogP contribution in [0.2, 0.25) is 5.02 Å². The second-order valence-electron chi connectivity index (χ2n) is 5.45. The van der Waals surface area contributed by atoms with Gasteiger partial charge in [0.2, 0.25) is 0 Å². The fourth-order valence-corrected chi connectivity index (χ4v) is 3.31. The van der Waals surface area contributed by atoms with Gasteiger partial charge in [-0.25, -0.2) is 13.4 Å². The lowest BCUT2D eigenvalue weighted by Crippen LogP contribution is -2.36. The Morgan fingerprint density at radius 1 is 1.12 bits per heavy atom. The first-order valence-electron chi connectivity index (χ1n) is 7.06. The Kier molecular flexibility index (Phi) is 5.48. The molecule has 2 rings (SSSR count). The van der Waals surface area contributed by atoms with Gasteiger partial charge in [0.15, 0.2) is 0 Å². The number of benzene rings is 2. The van der Waals surface area contributed by atoms with Crippen molar-refractivity contribution in [1.82, 2.24) is 10.4 Å². The van der Waals surface area contributed by atoms with Gasteiger partial charge < -0.3 is 0 Å². The highest BCUT2D eigenvalue weighted by atomic mass is 35.5. The molecule has 0 saturated carbocycles. The molecule has 0 aliphatic carbocycles. The Balaban J connectivity index is 2.35. The summed E-state index contributed by atoms with van der Waals surface area (Å²) in [6.45, 7) is 1.86. The number of aryl methyl sites for hydroxylation is 1. The second-order valence-corrected chi connectivity index (χ2v) is 7.54. The van der Waals surface area contributed by atoms with Gasteiger partial charge in [0.05, 0.1) is 15.5 Å². The number of nitrogens with zero attached hydrogens (tertiary/aromatic N) is 1. The maximum atomic E-state index is 12.5. The summed E-state index contributed by atoms with van der Waals surface area (Å²) in [7, 11) is -0.545. The third-order valence-electron chi connectivity index (χ3n) is 3.09. The number of halogens is 1. The first-order valence-corrected chi connectivity index (χ1v) is 8.92. The van der Waals surface area contributed by atoms with Crippen LogP contribution in [0.3, 0.4) is 0 Å². The second kappa shape index (κ2) is 7.21. The van der Waals surface area contributed by atoms with Crippen molar-refractivity contribution in [3.63, 3.8) is 0 Å². The van der Waals surface area contributed by atoms with E-state index in [1.807, 2.05) is 13.0 Å². The molecule has 0 saturated heterocycles. The van der Waals surface area contributed by atoms with Crippen molar-refractivity contribution in [2.75, 3.05) is 18.8 Å². The Morgan fingerprint density at radius 3 is 2.46 bits per heavy atom. The minimum Gasteiger partial charge on any atom is -0.285 e. The Bertz CT molecular complexity index is 867. The number of sulfonamides is 1. The summed E-state index contributed by atoms with van der Waals surface area (Å²) in [6, 6.07) is 11.0. The number of hydrazine groups is 1. The molecule has 0 spiro atoms. The molecule has 1 amide bonds. The van der Waals surface area contributed by atoms with Crippen molar-refractivity contribution < 1.29 is 13.2 Å². The minimum atomic E-state index is -3.83. The van der Waals surface area contributed by atoms with Gasteiger partial charge in [-0.3, -0.25) is 14.9 Å². The van der Waals surface area contributed by atoms with Crippen LogP contribution >= 0.6 is 11.6 Å². The summed E-state index contributed by atoms with van der Waals surface area (Å²) in [5.41, 5.74) is 3.99. The molecule has 0 fully saturated rings. The zero-order valence-corrected chi connectivity index (χ0v) is 15.1. The normalized spacial score (nSPS) is 11.4. The first kappa shape index (κ1) is 18.3. The molecule has 0 aliphatic heterocycles. The summed E-state index contributed by atoms with van der Waals surface area (Å²) in [5, 5.41) is 1.62. The number of hydrogen-bond donors (Lipinski definition) is 2. The van der Waals surface area contributed by atoms with Crippen LogP contribution in [0.4, 0.5) is 5.69 Å². The molecule has 8 heteroatoms. The number of hydrogen-bond acceptors (Lipinski definition) is 4. The molecule has 2 aromatic rings. The molecule has 2 aromatic carbocycles. The van der Waals surface area contributed by atoms with Gasteiger partial charge in [-0.2, -0.15) is 0 Å². The van der Waals surface area contributed by atoms with E-state index in [1.165, 1.54) is 23.2 Å². The van der Waals surface area contributed by atoms with Gasteiger partial charge in [0.1, 0.15) is 0 Å². The number of carbonyl (C=O) groups excluding carboxylic acids is 1. The average Bonchev–Trinajstić information content (AvgIpc) is 2.46. The molecule has 0 unspecified atom stereocenters. The van der Waals surface area contributed by atoms with Crippen LogP contribution in [-0.2, 0) is 10.0 Å². The standard InChI is InChI=1S/C16H18ClN3O3S/c1-11-5-4-6-12(9-11)19-24(22,23)13-7-8-15(17)14(10-13)16(21)18-20(2)3/h4-10,19H,1-3H3,(H,18,21). The van der Waals surface area contributed by atoms with Crippen LogP contribution in [0, 0.1) is 6.92 Å². The lowest BCUT2D eigenvalue weighted by molar-refractivity contribution is 0.0857. The van der Waals surface area contributed by atoms with E-state index >= 15 is 0 Å². The van der Waals surface area contributed by atoms with E-state index in [4.69, 9.17) is 11.6 Å². The molecule has 128 valence electrons. The third-order valence-corrected chi connectivity index (χ3v) is 4.80. The van der Waals surface area contributed by atoms with Crippen LogP contribution in [0.1, 0.15) is 15.9 Å². The molecule has 2 N–H and O–H groups in total. The van der Waals surface area contributed by atoms with Crippen molar-refractivity contribution in [1.29, 1.82) is 0 Å². The van der Waals surface area contributed by atoms with E-state index in [-0.39, 0.29) is 15.5 Å². The zero-order chi connectivity index (χ0) is 17.9. The first-order chi connectivity index (χ1) is 11.2. The monoisotopic (exact) mass is 367 g/mol. The highest BCUT2D eigenvalue weighted by Crippen LogP contribution is 2.23. The quantitative estimate of drug-likeness (QED) is 0.796. The number of anilines is 1. The highest BCUT2D eigenvalue weighted by Gasteiger charge is 2.19. The summed E-state index contributed by atoms with van der Waals surface area (Å²) in [6.07, 6.45) is 0. The molecule has 0 aliphatic rings. The van der Waals surface area contributed by atoms with Crippen LogP contribution in [0.15, 0.2) is 47.4 Å². The van der Waals surface area contributed by atoms with Crippen molar-refractivity contribution >= 4 is 33.2 Å². The molecule has 0 radical (unpaired) electrons. The van der Waals surface area contributed by atoms with Gasteiger partial charge in [0, 0.05) is 19.8 Å². The van der Waals surface area contributed by atoms with Gasteiger partial charge >= 0.3 is 0 Å². The Morgan fingerprint density at radius 2 is 1.83 bits per heavy atom. The number of nitrogens with one attached hydrogen (secondary N) is 2. The van der Waals surface area contributed by atoms with E-state index in [0.29, 0.717) is 5.69 Å². The topological polar surface area (TPSA) is 78.5 Å². The van der Waals surface area contributed by atoms with Crippen LogP contribution < -0.4 is 10.1 Å². The summed E-state index contributed by atoms with van der Waals surface area (Å²) < 4.78 is 27.5. The van der Waals surface area contributed by atoms with E-state index in [0.717, 1.165) is 5.56 Å². The molecular formula is C16H18ClN3O3S. The predicted octanol–water partition coefficient (Wildman–Crippen LogP) is 2.66. The maximum absolute atomic E-state index is 12.5. The third kappa shape index (κ3) is 4.47. The summed E-state index contributed by atoms with van der Waals surface area (Å²) >= 11 is 6.01. The number of carbonyl (C=O) groups is 1. The maximum Gasteiger partial charge on any atom is 0.267 e. The smallest absolute Gasteiger partial charge is 0.267 e. The summed E-state index contributed by atoms with van der Waals surface area (Å²) in [5.74, 6) is -0.488. The Hall–Kier alpha value is -2.09. The van der Waals surface area contributed by atoms with Crippen molar-refractivity contribution in [3.05, 3.63) is 58.6 Å². The highest BCUT2D eigenvalue weighted by molar-refractivity contribution is 7.92. The fourth-order valence-electron chi connectivity index (χ4n) is 2.03. The molecule has 0 heterocycles. The van der Waals surface area contributed by atoms with E-state index in [1.54, 1.807) is 32.3 Å². The molecule has 0 bridgehead atoms. The van der Waals surface area contributed by atoms with E-state index in [9.17, 15) is 13.2 Å². The van der Waals surface area contributed by atoms with Gasteiger partial charge in [-0.15, -0.1) is 0 Å². The van der Waals surface area contributed by atoms with Gasteiger partial charge in [-0.1, -0.05) is 23.7 Å². The van der Waals surface area contributed by atoms with Gasteiger partial charge in [-0.05, 0) is 42.8 Å². The van der Waals surface area contributed by atoms with Gasteiger partial charge in [0.25, 0.3) is 15.9 Å². The van der Waals surface area contributed by atoms with E-state index in [2.05, 4.69) is 10.1 Å². The van der Waals surface area contributed by atoms with Crippen molar-refractivity contribution in [2.45, 2.75) is 11.8 Å². The Labute approximate surface area is 146 Å². The van der Waals surface area contributed by atoms with Crippen molar-refractivity contribution in [2.24, 2.45) is 0 Å². The zero-order valence-electron chi connectivity index (χ0n) is 13.5. The SMILES string of the molecule is Cc1cccc(NS(=O)(=O)c2ccc(Cl)c(C(=O)NN(C)C)c2)c1. The lowest BCUT2D eigenvalue weighted by Gasteiger charge is -2.14. The van der Waals surface area contributed by atoms with Crippen molar-refractivity contribution in [3.8, 4) is 0 Å². The molecular weight excluding hydrogens is 350 g/mol. The summed E-state index contributed by atoms with van der Waals surface area (Å²) in [4.78, 5) is 12.1. The van der Waals surface area contributed by atoms with Crippen LogP contribution in [-0.4, -0.2) is 33.4 Å².